The molecule has 0 bridgehead atoms. The van der Waals surface area contributed by atoms with Crippen LogP contribution in [0.4, 0.5) is 0 Å². The molecule has 0 atom stereocenters. The molecule has 0 saturated carbocycles. The van der Waals surface area contributed by atoms with Crippen LogP contribution in [0.3, 0.4) is 0 Å². The number of aliphatic imine (C=N–C) groups is 1. The third-order valence-electron chi connectivity index (χ3n) is 2.63. The van der Waals surface area contributed by atoms with E-state index >= 15 is 0 Å². The SMILES string of the molecule is Cc1nc(CN=C(N)N2CCCCC2)no1.I. The summed E-state index contributed by atoms with van der Waals surface area (Å²) in [7, 11) is 0. The maximum atomic E-state index is 5.89. The molecule has 17 heavy (non-hydrogen) atoms. The third kappa shape index (κ3) is 4.14. The molecule has 1 aromatic rings. The number of guanidine groups is 1. The monoisotopic (exact) mass is 351 g/mol. The quantitative estimate of drug-likeness (QED) is 0.494. The zero-order valence-electron chi connectivity index (χ0n) is 9.93. The van der Waals surface area contributed by atoms with Crippen molar-refractivity contribution in [2.45, 2.75) is 32.7 Å². The van der Waals surface area contributed by atoms with Crippen molar-refractivity contribution < 1.29 is 4.52 Å². The van der Waals surface area contributed by atoms with E-state index in [1.165, 1.54) is 19.3 Å². The molecule has 96 valence electrons. The Hall–Kier alpha value is -0.860. The maximum absolute atomic E-state index is 5.89. The zero-order chi connectivity index (χ0) is 11.4. The summed E-state index contributed by atoms with van der Waals surface area (Å²) in [5.41, 5.74) is 5.89. The number of rotatable bonds is 2. The molecule has 1 aliphatic rings. The number of likely N-dealkylation sites (tertiary alicyclic amines) is 1. The predicted octanol–water partition coefficient (Wildman–Crippen LogP) is 1.30. The van der Waals surface area contributed by atoms with E-state index in [1.54, 1.807) is 6.92 Å². The van der Waals surface area contributed by atoms with Crippen LogP contribution in [0.5, 0.6) is 0 Å². The second-order valence-electron chi connectivity index (χ2n) is 3.95. The zero-order valence-corrected chi connectivity index (χ0v) is 12.3. The van der Waals surface area contributed by atoms with E-state index in [0.29, 0.717) is 24.2 Å². The van der Waals surface area contributed by atoms with Gasteiger partial charge in [0.25, 0.3) is 0 Å². The number of halogens is 1. The molecule has 2 N–H and O–H groups in total. The van der Waals surface area contributed by atoms with Gasteiger partial charge in [-0.2, -0.15) is 4.98 Å². The van der Waals surface area contributed by atoms with Gasteiger partial charge >= 0.3 is 0 Å². The van der Waals surface area contributed by atoms with Crippen LogP contribution < -0.4 is 5.73 Å². The highest BCUT2D eigenvalue weighted by Gasteiger charge is 2.12. The fourth-order valence-corrected chi connectivity index (χ4v) is 1.78. The van der Waals surface area contributed by atoms with Crippen molar-refractivity contribution in [2.75, 3.05) is 13.1 Å². The molecule has 0 amide bonds. The highest BCUT2D eigenvalue weighted by atomic mass is 127. The lowest BCUT2D eigenvalue weighted by Crippen LogP contribution is -2.40. The first-order chi connectivity index (χ1) is 7.75. The number of aromatic nitrogens is 2. The summed E-state index contributed by atoms with van der Waals surface area (Å²) in [5.74, 6) is 1.72. The van der Waals surface area contributed by atoms with Crippen molar-refractivity contribution in [2.24, 2.45) is 10.7 Å². The van der Waals surface area contributed by atoms with Gasteiger partial charge in [-0.05, 0) is 19.3 Å². The van der Waals surface area contributed by atoms with Gasteiger partial charge < -0.3 is 15.2 Å². The summed E-state index contributed by atoms with van der Waals surface area (Å²) < 4.78 is 4.86. The van der Waals surface area contributed by atoms with Gasteiger partial charge in [0.2, 0.25) is 5.89 Å². The van der Waals surface area contributed by atoms with E-state index < -0.39 is 0 Å². The number of hydrogen-bond acceptors (Lipinski definition) is 4. The number of nitrogens with zero attached hydrogens (tertiary/aromatic N) is 4. The van der Waals surface area contributed by atoms with Crippen molar-refractivity contribution in [3.8, 4) is 0 Å². The smallest absolute Gasteiger partial charge is 0.223 e. The topological polar surface area (TPSA) is 80.5 Å². The Kier molecular flexibility index (Phi) is 5.66. The highest BCUT2D eigenvalue weighted by molar-refractivity contribution is 14.0. The average molecular weight is 351 g/mol. The molecule has 2 rings (SSSR count). The summed E-state index contributed by atoms with van der Waals surface area (Å²) >= 11 is 0. The van der Waals surface area contributed by atoms with E-state index in [-0.39, 0.29) is 24.0 Å². The molecule has 6 nitrogen and oxygen atoms in total. The first-order valence-corrected chi connectivity index (χ1v) is 5.60. The van der Waals surface area contributed by atoms with Crippen molar-refractivity contribution in [3.05, 3.63) is 11.7 Å². The fraction of sp³-hybridized carbons (Fsp3) is 0.700. The van der Waals surface area contributed by atoms with Gasteiger partial charge in [0.15, 0.2) is 11.8 Å². The first-order valence-electron chi connectivity index (χ1n) is 5.60. The number of nitrogens with two attached hydrogens (primary N) is 1. The molecule has 1 aromatic heterocycles. The minimum atomic E-state index is 0. The van der Waals surface area contributed by atoms with Crippen LogP contribution in [0, 0.1) is 6.92 Å². The van der Waals surface area contributed by atoms with Crippen LogP contribution in [0.25, 0.3) is 0 Å². The second-order valence-corrected chi connectivity index (χ2v) is 3.95. The van der Waals surface area contributed by atoms with E-state index in [2.05, 4.69) is 20.0 Å². The maximum Gasteiger partial charge on any atom is 0.223 e. The largest absolute Gasteiger partial charge is 0.370 e. The molecule has 1 aliphatic heterocycles. The molecule has 7 heteroatoms. The Bertz CT molecular complexity index is 373. The Morgan fingerprint density at radius 2 is 2.12 bits per heavy atom. The Balaban J connectivity index is 0.00000144. The van der Waals surface area contributed by atoms with Crippen molar-refractivity contribution in [1.82, 2.24) is 15.0 Å². The number of hydrogen-bond donors (Lipinski definition) is 1. The van der Waals surface area contributed by atoms with Crippen LogP contribution in [0.1, 0.15) is 31.0 Å². The van der Waals surface area contributed by atoms with Gasteiger partial charge in [-0.15, -0.1) is 24.0 Å². The predicted molar refractivity (Wildman–Crippen MR) is 75.2 cm³/mol. The summed E-state index contributed by atoms with van der Waals surface area (Å²) in [4.78, 5) is 10.4. The second kappa shape index (κ2) is 6.77. The summed E-state index contributed by atoms with van der Waals surface area (Å²) in [6.07, 6.45) is 3.67. The molecular weight excluding hydrogens is 333 g/mol. The van der Waals surface area contributed by atoms with Gasteiger partial charge in [0.05, 0.1) is 0 Å². The van der Waals surface area contributed by atoms with Crippen LogP contribution in [-0.2, 0) is 6.54 Å². The summed E-state index contributed by atoms with van der Waals surface area (Å²) in [5, 5.41) is 3.77. The van der Waals surface area contributed by atoms with Crippen LogP contribution in [0.15, 0.2) is 9.52 Å². The van der Waals surface area contributed by atoms with Crippen LogP contribution >= 0.6 is 24.0 Å². The molecular formula is C10H18IN5O. The Labute approximate surface area is 118 Å². The highest BCUT2D eigenvalue weighted by Crippen LogP contribution is 2.08. The number of aryl methyl sites for hydroxylation is 1. The standard InChI is InChI=1S/C10H17N5O.HI/c1-8-13-9(14-16-8)7-12-10(11)15-5-3-2-4-6-15;/h2-7H2,1H3,(H2,11,12);1H. The molecule has 0 unspecified atom stereocenters. The minimum absolute atomic E-state index is 0. The molecule has 0 aromatic carbocycles. The van der Waals surface area contributed by atoms with E-state index in [1.807, 2.05) is 0 Å². The lowest BCUT2D eigenvalue weighted by atomic mass is 10.1. The summed E-state index contributed by atoms with van der Waals surface area (Å²) in [6.45, 7) is 4.15. The molecule has 0 spiro atoms. The van der Waals surface area contributed by atoms with Crippen molar-refractivity contribution in [3.63, 3.8) is 0 Å². The lowest BCUT2D eigenvalue weighted by Gasteiger charge is -2.27. The first kappa shape index (κ1) is 14.2. The Morgan fingerprint density at radius 3 is 2.71 bits per heavy atom. The number of piperidine rings is 1. The minimum Gasteiger partial charge on any atom is -0.370 e. The molecule has 2 heterocycles. The van der Waals surface area contributed by atoms with Crippen LogP contribution in [-0.4, -0.2) is 34.1 Å². The molecule has 0 aliphatic carbocycles. The van der Waals surface area contributed by atoms with Gasteiger partial charge in [-0.1, -0.05) is 5.16 Å². The fourth-order valence-electron chi connectivity index (χ4n) is 1.78. The van der Waals surface area contributed by atoms with Crippen molar-refractivity contribution in [1.29, 1.82) is 0 Å². The Morgan fingerprint density at radius 1 is 1.41 bits per heavy atom. The van der Waals surface area contributed by atoms with Crippen molar-refractivity contribution >= 4 is 29.9 Å². The van der Waals surface area contributed by atoms with Gasteiger partial charge in [0.1, 0.15) is 6.54 Å². The van der Waals surface area contributed by atoms with Gasteiger partial charge in [0, 0.05) is 20.0 Å². The molecule has 1 saturated heterocycles. The average Bonchev–Trinajstić information content (AvgIpc) is 2.73. The third-order valence-corrected chi connectivity index (χ3v) is 2.63. The summed E-state index contributed by atoms with van der Waals surface area (Å²) in [6, 6.07) is 0. The van der Waals surface area contributed by atoms with E-state index in [0.717, 1.165) is 13.1 Å². The molecule has 1 fully saturated rings. The van der Waals surface area contributed by atoms with E-state index in [9.17, 15) is 0 Å². The van der Waals surface area contributed by atoms with Gasteiger partial charge in [-0.3, -0.25) is 0 Å². The molecule has 0 radical (unpaired) electrons. The normalized spacial score (nSPS) is 16.8. The van der Waals surface area contributed by atoms with E-state index in [4.69, 9.17) is 10.3 Å². The van der Waals surface area contributed by atoms with Gasteiger partial charge in [-0.25, -0.2) is 4.99 Å². The van der Waals surface area contributed by atoms with Crippen LogP contribution in [0.2, 0.25) is 0 Å². The lowest BCUT2D eigenvalue weighted by molar-refractivity contribution is 0.337.